The topological polar surface area (TPSA) is 52.3 Å². The first-order chi connectivity index (χ1) is 7.04. The van der Waals surface area contributed by atoms with E-state index >= 15 is 0 Å². The molecular formula is C9H11Br2NO2S. The fraction of sp³-hybridized carbons (Fsp3) is 0.444. The molecule has 0 fully saturated rings. The van der Waals surface area contributed by atoms with Crippen LogP contribution in [-0.2, 0) is 9.53 Å². The van der Waals surface area contributed by atoms with Gasteiger partial charge in [0.15, 0.2) is 0 Å². The molecule has 1 rings (SSSR count). The Balaban J connectivity index is 2.60. The summed E-state index contributed by atoms with van der Waals surface area (Å²) in [6.45, 7) is 2.17. The molecule has 0 aliphatic rings. The van der Waals surface area contributed by atoms with Crippen molar-refractivity contribution in [2.24, 2.45) is 5.73 Å². The zero-order valence-electron chi connectivity index (χ0n) is 8.13. The van der Waals surface area contributed by atoms with E-state index in [4.69, 9.17) is 10.5 Å². The van der Waals surface area contributed by atoms with Crippen molar-refractivity contribution in [2.75, 3.05) is 6.61 Å². The summed E-state index contributed by atoms with van der Waals surface area (Å²) in [7, 11) is 0. The lowest BCUT2D eigenvalue weighted by molar-refractivity contribution is -0.143. The van der Waals surface area contributed by atoms with E-state index in [9.17, 15) is 4.79 Å². The number of thiophene rings is 1. The third-order valence-corrected chi connectivity index (χ3v) is 5.11. The van der Waals surface area contributed by atoms with E-state index in [2.05, 4.69) is 31.9 Å². The minimum atomic E-state index is -0.295. The second kappa shape index (κ2) is 5.98. The molecule has 0 amide bonds. The molecule has 0 radical (unpaired) electrons. The van der Waals surface area contributed by atoms with Gasteiger partial charge in [-0.05, 0) is 44.8 Å². The standard InChI is InChI=1S/C9H11Br2NO2S/c1-2-14-8(13)4-6(12)7-3-5(10)9(11)15-7/h3,6H,2,4,12H2,1H3/t6-/m0/s1. The van der Waals surface area contributed by atoms with E-state index in [1.165, 1.54) is 11.3 Å². The lowest BCUT2D eigenvalue weighted by atomic mass is 10.2. The van der Waals surface area contributed by atoms with E-state index in [1.54, 1.807) is 6.92 Å². The highest BCUT2D eigenvalue weighted by Crippen LogP contribution is 2.35. The van der Waals surface area contributed by atoms with Crippen LogP contribution >= 0.6 is 43.2 Å². The molecule has 3 nitrogen and oxygen atoms in total. The molecule has 0 unspecified atom stereocenters. The molecule has 0 spiro atoms. The van der Waals surface area contributed by atoms with Gasteiger partial charge in [0.1, 0.15) is 0 Å². The van der Waals surface area contributed by atoms with Crippen molar-refractivity contribution in [3.8, 4) is 0 Å². The van der Waals surface area contributed by atoms with E-state index < -0.39 is 0 Å². The summed E-state index contributed by atoms with van der Waals surface area (Å²) in [6, 6.07) is 1.62. The largest absolute Gasteiger partial charge is 0.466 e. The maximum absolute atomic E-state index is 11.2. The monoisotopic (exact) mass is 355 g/mol. The molecule has 1 aromatic rings. The Morgan fingerprint density at radius 2 is 2.33 bits per heavy atom. The van der Waals surface area contributed by atoms with Gasteiger partial charge in [-0.2, -0.15) is 0 Å². The van der Waals surface area contributed by atoms with Crippen molar-refractivity contribution < 1.29 is 9.53 Å². The molecule has 6 heteroatoms. The summed E-state index contributed by atoms with van der Waals surface area (Å²) >= 11 is 8.27. The Hall–Kier alpha value is 0.0900. The average Bonchev–Trinajstić information content (AvgIpc) is 2.47. The summed E-state index contributed by atoms with van der Waals surface area (Å²) in [5, 5.41) is 0. The molecule has 1 heterocycles. The number of esters is 1. The third kappa shape index (κ3) is 3.86. The van der Waals surface area contributed by atoms with Crippen LogP contribution in [0.15, 0.2) is 14.3 Å². The van der Waals surface area contributed by atoms with Crippen LogP contribution in [0.1, 0.15) is 24.3 Å². The van der Waals surface area contributed by atoms with Crippen molar-refractivity contribution >= 4 is 49.2 Å². The van der Waals surface area contributed by atoms with Crippen molar-refractivity contribution in [1.29, 1.82) is 0 Å². The quantitative estimate of drug-likeness (QED) is 0.842. The van der Waals surface area contributed by atoms with Gasteiger partial charge in [-0.1, -0.05) is 0 Å². The normalized spacial score (nSPS) is 12.5. The minimum Gasteiger partial charge on any atom is -0.466 e. The Bertz CT molecular complexity index is 334. The smallest absolute Gasteiger partial charge is 0.307 e. The van der Waals surface area contributed by atoms with Crippen LogP contribution in [0.5, 0.6) is 0 Å². The first-order valence-corrected chi connectivity index (χ1v) is 6.80. The van der Waals surface area contributed by atoms with Crippen molar-refractivity contribution in [3.63, 3.8) is 0 Å². The molecule has 0 aliphatic heterocycles. The minimum absolute atomic E-state index is 0.216. The molecule has 1 aromatic heterocycles. The molecule has 0 aromatic carbocycles. The number of nitrogens with two attached hydrogens (primary N) is 1. The van der Waals surface area contributed by atoms with Gasteiger partial charge in [-0.25, -0.2) is 0 Å². The summed E-state index contributed by atoms with van der Waals surface area (Å²) in [5.74, 6) is -0.259. The molecule has 15 heavy (non-hydrogen) atoms. The summed E-state index contributed by atoms with van der Waals surface area (Å²) < 4.78 is 6.78. The SMILES string of the molecule is CCOC(=O)C[C@H](N)c1cc(Br)c(Br)s1. The Labute approximate surface area is 109 Å². The van der Waals surface area contributed by atoms with E-state index in [0.29, 0.717) is 6.61 Å². The molecule has 0 aliphatic carbocycles. The zero-order chi connectivity index (χ0) is 11.4. The highest BCUT2D eigenvalue weighted by Gasteiger charge is 2.15. The van der Waals surface area contributed by atoms with Gasteiger partial charge in [-0.3, -0.25) is 4.79 Å². The molecule has 0 saturated heterocycles. The van der Waals surface area contributed by atoms with E-state index in [-0.39, 0.29) is 18.4 Å². The van der Waals surface area contributed by atoms with Crippen LogP contribution in [0.4, 0.5) is 0 Å². The van der Waals surface area contributed by atoms with Crippen LogP contribution < -0.4 is 5.73 Å². The number of hydrogen-bond acceptors (Lipinski definition) is 4. The molecule has 1 atom stereocenters. The number of rotatable bonds is 4. The Kier molecular flexibility index (Phi) is 5.25. The number of hydrogen-bond donors (Lipinski definition) is 1. The summed E-state index contributed by atoms with van der Waals surface area (Å²) in [6.07, 6.45) is 0.216. The lowest BCUT2D eigenvalue weighted by Crippen LogP contribution is -2.16. The van der Waals surface area contributed by atoms with Gasteiger partial charge in [0.25, 0.3) is 0 Å². The third-order valence-electron chi connectivity index (χ3n) is 1.72. The lowest BCUT2D eigenvalue weighted by Gasteiger charge is -2.07. The van der Waals surface area contributed by atoms with Gasteiger partial charge < -0.3 is 10.5 Å². The molecule has 2 N–H and O–H groups in total. The Morgan fingerprint density at radius 3 is 2.80 bits per heavy atom. The van der Waals surface area contributed by atoms with Crippen molar-refractivity contribution in [2.45, 2.75) is 19.4 Å². The van der Waals surface area contributed by atoms with Crippen molar-refractivity contribution in [3.05, 3.63) is 19.2 Å². The average molecular weight is 357 g/mol. The first kappa shape index (κ1) is 13.2. The van der Waals surface area contributed by atoms with Crippen LogP contribution in [0.25, 0.3) is 0 Å². The van der Waals surface area contributed by atoms with Gasteiger partial charge >= 0.3 is 5.97 Å². The van der Waals surface area contributed by atoms with Crippen LogP contribution in [0, 0.1) is 0 Å². The molecule has 0 bridgehead atoms. The van der Waals surface area contributed by atoms with E-state index in [1.807, 2.05) is 6.07 Å². The first-order valence-electron chi connectivity index (χ1n) is 4.40. The fourth-order valence-corrected chi connectivity index (χ4v) is 3.14. The van der Waals surface area contributed by atoms with Gasteiger partial charge in [0, 0.05) is 15.4 Å². The van der Waals surface area contributed by atoms with E-state index in [0.717, 1.165) is 13.1 Å². The van der Waals surface area contributed by atoms with Crippen LogP contribution in [0.2, 0.25) is 0 Å². The maximum atomic E-state index is 11.2. The fourth-order valence-electron chi connectivity index (χ4n) is 1.05. The maximum Gasteiger partial charge on any atom is 0.307 e. The predicted octanol–water partition coefficient (Wildman–Crippen LogP) is 3.23. The highest BCUT2D eigenvalue weighted by molar-refractivity contribution is 9.13. The number of carbonyl (C=O) groups is 1. The Morgan fingerprint density at radius 1 is 1.67 bits per heavy atom. The predicted molar refractivity (Wildman–Crippen MR) is 67.9 cm³/mol. The number of halogens is 2. The van der Waals surface area contributed by atoms with Crippen molar-refractivity contribution in [1.82, 2.24) is 0 Å². The molecule has 84 valence electrons. The summed E-state index contributed by atoms with van der Waals surface area (Å²) in [5.41, 5.74) is 5.88. The van der Waals surface area contributed by atoms with Gasteiger partial charge in [-0.15, -0.1) is 11.3 Å². The van der Waals surface area contributed by atoms with Gasteiger partial charge in [0.05, 0.1) is 16.8 Å². The van der Waals surface area contributed by atoms with Crippen LogP contribution in [-0.4, -0.2) is 12.6 Å². The number of ether oxygens (including phenoxy) is 1. The number of carbonyl (C=O) groups excluding carboxylic acids is 1. The van der Waals surface area contributed by atoms with Crippen LogP contribution in [0.3, 0.4) is 0 Å². The summed E-state index contributed by atoms with van der Waals surface area (Å²) in [4.78, 5) is 12.2. The molecular weight excluding hydrogens is 346 g/mol. The zero-order valence-corrected chi connectivity index (χ0v) is 12.1. The molecule has 0 saturated carbocycles. The van der Waals surface area contributed by atoms with Gasteiger partial charge in [0.2, 0.25) is 0 Å². The second-order valence-electron chi connectivity index (χ2n) is 2.89. The second-order valence-corrected chi connectivity index (χ2v) is 6.14. The highest BCUT2D eigenvalue weighted by atomic mass is 79.9.